The molecular weight excluding hydrogens is 380 g/mol. The molecule has 154 valence electrons. The van der Waals surface area contributed by atoms with Crippen LogP contribution >= 0.6 is 0 Å². The fraction of sp³-hybridized carbons (Fsp3) is 0.350. The highest BCUT2D eigenvalue weighted by Crippen LogP contribution is 2.40. The van der Waals surface area contributed by atoms with Gasteiger partial charge in [-0.2, -0.15) is 0 Å². The van der Waals surface area contributed by atoms with Crippen LogP contribution in [0, 0.1) is 5.92 Å². The number of carboxylic acids is 1. The van der Waals surface area contributed by atoms with E-state index in [0.717, 1.165) is 0 Å². The third-order valence-corrected chi connectivity index (χ3v) is 5.02. The number of H-pyrrole nitrogens is 1. The van der Waals surface area contributed by atoms with Gasteiger partial charge in [0.05, 0.1) is 31.1 Å². The molecule has 0 radical (unpaired) electrons. The number of ketones is 1. The first-order chi connectivity index (χ1) is 14.0. The topological polar surface area (TPSA) is 163 Å². The lowest BCUT2D eigenvalue weighted by molar-refractivity contribution is 0.0686. The van der Waals surface area contributed by atoms with Gasteiger partial charge < -0.3 is 30.5 Å². The van der Waals surface area contributed by atoms with Crippen molar-refractivity contribution in [2.75, 3.05) is 6.73 Å². The Labute approximate surface area is 166 Å². The zero-order chi connectivity index (χ0) is 21.1. The van der Waals surface area contributed by atoms with Crippen molar-refractivity contribution < 1.29 is 35.1 Å². The standard InChI is InChI=1S/C20H22N2O7/c23-6-11-3-4-12(14(8-25)13(11)7-24)16-15(5-21-9-26)22-18(20(28)29)17(16)19(27)10-1-2-10/h3-5,10,22-26H,1-2,6-9H2,(H,28,29)/b21-5+. The SMILES string of the molecule is O=C(O)c1[nH]c(/C=N/CO)c(-c2ccc(CO)c(CO)c2CO)c1C(=O)C1CC1. The number of aliphatic hydroxyl groups is 4. The summed E-state index contributed by atoms with van der Waals surface area (Å²) in [6.45, 7) is -1.85. The molecule has 1 heterocycles. The molecule has 1 aliphatic carbocycles. The second-order valence-corrected chi connectivity index (χ2v) is 6.76. The van der Waals surface area contributed by atoms with E-state index in [1.807, 2.05) is 0 Å². The van der Waals surface area contributed by atoms with Crippen LogP contribution in [0.1, 0.15) is 56.1 Å². The summed E-state index contributed by atoms with van der Waals surface area (Å²) in [4.78, 5) is 31.2. The van der Waals surface area contributed by atoms with Crippen LogP contribution < -0.4 is 0 Å². The first-order valence-electron chi connectivity index (χ1n) is 9.09. The average Bonchev–Trinajstić information content (AvgIpc) is 3.50. The average molecular weight is 402 g/mol. The van der Waals surface area contributed by atoms with Crippen molar-refractivity contribution in [3.63, 3.8) is 0 Å². The number of carbonyl (C=O) groups is 2. The fourth-order valence-electron chi connectivity index (χ4n) is 3.49. The molecule has 1 aromatic heterocycles. The molecule has 1 fully saturated rings. The Morgan fingerprint density at radius 1 is 1.07 bits per heavy atom. The highest BCUT2D eigenvalue weighted by atomic mass is 16.4. The number of aromatic nitrogens is 1. The maximum Gasteiger partial charge on any atom is 0.353 e. The number of rotatable bonds is 9. The number of benzene rings is 1. The van der Waals surface area contributed by atoms with Gasteiger partial charge in [0.15, 0.2) is 5.78 Å². The van der Waals surface area contributed by atoms with Crippen molar-refractivity contribution >= 4 is 18.0 Å². The zero-order valence-electron chi connectivity index (χ0n) is 15.6. The zero-order valence-corrected chi connectivity index (χ0v) is 15.6. The Hall–Kier alpha value is -2.85. The number of carboxylic acid groups (broad SMARTS) is 1. The Bertz CT molecular complexity index is 974. The van der Waals surface area contributed by atoms with Crippen molar-refractivity contribution in [3.05, 3.63) is 45.8 Å². The summed E-state index contributed by atoms with van der Waals surface area (Å²) in [5.41, 5.74) is 1.46. The smallest absolute Gasteiger partial charge is 0.353 e. The van der Waals surface area contributed by atoms with Crippen LogP contribution in [-0.4, -0.2) is 55.2 Å². The van der Waals surface area contributed by atoms with Gasteiger partial charge in [0.1, 0.15) is 12.4 Å². The van der Waals surface area contributed by atoms with Gasteiger partial charge in [-0.25, -0.2) is 4.79 Å². The van der Waals surface area contributed by atoms with Crippen LogP contribution in [-0.2, 0) is 19.8 Å². The van der Waals surface area contributed by atoms with Crippen molar-refractivity contribution in [3.8, 4) is 11.1 Å². The number of hydrogen-bond donors (Lipinski definition) is 6. The molecule has 6 N–H and O–H groups in total. The van der Waals surface area contributed by atoms with Crippen molar-refractivity contribution in [1.29, 1.82) is 0 Å². The number of hydrogen-bond acceptors (Lipinski definition) is 7. The van der Waals surface area contributed by atoms with Gasteiger partial charge in [-0.1, -0.05) is 12.1 Å². The number of nitrogens with zero attached hydrogens (tertiary/aromatic N) is 1. The second-order valence-electron chi connectivity index (χ2n) is 6.76. The van der Waals surface area contributed by atoms with Gasteiger partial charge in [0.25, 0.3) is 0 Å². The van der Waals surface area contributed by atoms with E-state index in [4.69, 9.17) is 5.11 Å². The Balaban J connectivity index is 2.37. The molecule has 0 unspecified atom stereocenters. The van der Waals surface area contributed by atoms with Crippen molar-refractivity contribution in [2.24, 2.45) is 10.9 Å². The molecule has 1 aliphatic rings. The minimum atomic E-state index is -1.32. The number of nitrogens with one attached hydrogen (secondary N) is 1. The Morgan fingerprint density at radius 2 is 1.76 bits per heavy atom. The van der Waals surface area contributed by atoms with E-state index >= 15 is 0 Å². The summed E-state index contributed by atoms with van der Waals surface area (Å²) < 4.78 is 0. The summed E-state index contributed by atoms with van der Waals surface area (Å²) in [6, 6.07) is 3.11. The largest absolute Gasteiger partial charge is 0.477 e. The van der Waals surface area contributed by atoms with E-state index in [-0.39, 0.29) is 46.4 Å². The predicted octanol–water partition coefficient (Wildman–Crippen LogP) is 0.818. The predicted molar refractivity (Wildman–Crippen MR) is 103 cm³/mol. The number of aliphatic hydroxyl groups excluding tert-OH is 4. The van der Waals surface area contributed by atoms with Crippen LogP contribution in [0.5, 0.6) is 0 Å². The van der Waals surface area contributed by atoms with E-state index in [1.165, 1.54) is 6.21 Å². The lowest BCUT2D eigenvalue weighted by Gasteiger charge is -2.16. The molecule has 0 saturated heterocycles. The Morgan fingerprint density at radius 3 is 2.28 bits per heavy atom. The van der Waals surface area contributed by atoms with Crippen molar-refractivity contribution in [1.82, 2.24) is 4.98 Å². The lowest BCUT2D eigenvalue weighted by Crippen LogP contribution is -2.11. The normalized spacial score (nSPS) is 13.9. The quantitative estimate of drug-likeness (QED) is 0.267. The molecule has 3 rings (SSSR count). The van der Waals surface area contributed by atoms with Crippen molar-refractivity contribution in [2.45, 2.75) is 32.7 Å². The van der Waals surface area contributed by atoms with Gasteiger partial charge in [-0.15, -0.1) is 0 Å². The van der Waals surface area contributed by atoms with E-state index in [9.17, 15) is 30.0 Å². The highest BCUT2D eigenvalue weighted by molar-refractivity contribution is 6.14. The summed E-state index contributed by atoms with van der Waals surface area (Å²) in [5.74, 6) is -1.91. The van der Waals surface area contributed by atoms with Crippen LogP contribution in [0.3, 0.4) is 0 Å². The third-order valence-electron chi connectivity index (χ3n) is 5.02. The molecule has 9 nitrogen and oxygen atoms in total. The number of aromatic amines is 1. The van der Waals surface area contributed by atoms with Crippen LogP contribution in [0.2, 0.25) is 0 Å². The number of Topliss-reactive ketones (excluding diaryl/α,β-unsaturated/α-hetero) is 1. The second kappa shape index (κ2) is 8.66. The van der Waals surface area contributed by atoms with Gasteiger partial charge in [-0.05, 0) is 35.1 Å². The molecule has 29 heavy (non-hydrogen) atoms. The van der Waals surface area contributed by atoms with Gasteiger partial charge >= 0.3 is 5.97 Å². The number of aromatic carboxylic acids is 1. The van der Waals surface area contributed by atoms with Crippen LogP contribution in [0.4, 0.5) is 0 Å². The summed E-state index contributed by atoms with van der Waals surface area (Å²) >= 11 is 0. The van der Waals surface area contributed by atoms with Crippen LogP contribution in [0.25, 0.3) is 11.1 Å². The number of carbonyl (C=O) groups excluding carboxylic acids is 1. The van der Waals surface area contributed by atoms with E-state index in [1.54, 1.807) is 12.1 Å². The minimum absolute atomic E-state index is 0.0188. The van der Waals surface area contributed by atoms with E-state index in [2.05, 4.69) is 9.98 Å². The summed E-state index contributed by atoms with van der Waals surface area (Å²) in [6.07, 6.45) is 2.56. The minimum Gasteiger partial charge on any atom is -0.477 e. The molecule has 1 aromatic carbocycles. The third kappa shape index (κ3) is 3.85. The molecule has 0 spiro atoms. The van der Waals surface area contributed by atoms with E-state index in [0.29, 0.717) is 29.5 Å². The molecule has 0 bridgehead atoms. The molecule has 0 amide bonds. The maximum atomic E-state index is 13.0. The van der Waals surface area contributed by atoms with E-state index < -0.39 is 25.9 Å². The monoisotopic (exact) mass is 402 g/mol. The molecule has 0 aliphatic heterocycles. The van der Waals surface area contributed by atoms with Gasteiger partial charge in [-0.3, -0.25) is 9.79 Å². The lowest BCUT2D eigenvalue weighted by atomic mass is 9.88. The fourth-order valence-corrected chi connectivity index (χ4v) is 3.49. The number of aliphatic imine (C=N–C) groups is 1. The summed E-state index contributed by atoms with van der Waals surface area (Å²) in [7, 11) is 0. The van der Waals surface area contributed by atoms with Gasteiger partial charge in [0, 0.05) is 17.7 Å². The molecule has 2 aromatic rings. The molecular formula is C20H22N2O7. The van der Waals surface area contributed by atoms with Gasteiger partial charge in [0.2, 0.25) is 0 Å². The first-order valence-corrected chi connectivity index (χ1v) is 9.09. The highest BCUT2D eigenvalue weighted by Gasteiger charge is 2.37. The first kappa shape index (κ1) is 20.9. The Kier molecular flexibility index (Phi) is 6.23. The van der Waals surface area contributed by atoms with Crippen LogP contribution in [0.15, 0.2) is 17.1 Å². The molecule has 1 saturated carbocycles. The summed E-state index contributed by atoms with van der Waals surface area (Å²) in [5, 5.41) is 47.9. The molecule has 0 atom stereocenters. The maximum absolute atomic E-state index is 13.0. The molecule has 9 heteroatoms.